The van der Waals surface area contributed by atoms with Gasteiger partial charge in [-0.3, -0.25) is 9.88 Å². The minimum Gasteiger partial charge on any atom is -0.296 e. The van der Waals surface area contributed by atoms with Gasteiger partial charge in [-0.25, -0.2) is 0 Å². The smallest absolute Gasteiger partial charge is 0.0372 e. The molecule has 0 spiro atoms. The number of aromatic nitrogens is 1. The first kappa shape index (κ1) is 11.6. The van der Waals surface area contributed by atoms with Gasteiger partial charge in [0.15, 0.2) is 0 Å². The average Bonchev–Trinajstić information content (AvgIpc) is 2.32. The standard InChI is InChI=1S/C14H22N2/c1-3-9-16-10-5-4-6-14(16)13-8-7-12(2)15-11-13/h7-8,11,14H,3-6,9-10H2,1-2H3/t14-/m0/s1. The molecule has 1 aliphatic heterocycles. The first-order valence-electron chi connectivity index (χ1n) is 6.48. The summed E-state index contributed by atoms with van der Waals surface area (Å²) < 4.78 is 0. The second-order valence-corrected chi connectivity index (χ2v) is 4.78. The molecule has 1 aromatic heterocycles. The molecule has 2 rings (SSSR count). The van der Waals surface area contributed by atoms with Crippen LogP contribution in [0, 0.1) is 6.92 Å². The molecule has 1 aromatic rings. The third kappa shape index (κ3) is 2.62. The van der Waals surface area contributed by atoms with E-state index in [1.165, 1.54) is 44.3 Å². The lowest BCUT2D eigenvalue weighted by atomic mass is 9.96. The van der Waals surface area contributed by atoms with Gasteiger partial charge in [0.2, 0.25) is 0 Å². The Labute approximate surface area is 98.7 Å². The van der Waals surface area contributed by atoms with Crippen molar-refractivity contribution in [1.82, 2.24) is 9.88 Å². The van der Waals surface area contributed by atoms with Gasteiger partial charge in [-0.15, -0.1) is 0 Å². The molecule has 0 N–H and O–H groups in total. The predicted molar refractivity (Wildman–Crippen MR) is 67.4 cm³/mol. The Hall–Kier alpha value is -0.890. The quantitative estimate of drug-likeness (QED) is 0.773. The lowest BCUT2D eigenvalue weighted by Gasteiger charge is -2.35. The van der Waals surface area contributed by atoms with Crippen LogP contribution in [0.2, 0.25) is 0 Å². The van der Waals surface area contributed by atoms with Crippen molar-refractivity contribution < 1.29 is 0 Å². The van der Waals surface area contributed by atoms with Crippen LogP contribution in [-0.2, 0) is 0 Å². The Morgan fingerprint density at radius 1 is 1.38 bits per heavy atom. The highest BCUT2D eigenvalue weighted by molar-refractivity contribution is 5.17. The second kappa shape index (κ2) is 5.44. The van der Waals surface area contributed by atoms with Crippen molar-refractivity contribution in [3.05, 3.63) is 29.6 Å². The van der Waals surface area contributed by atoms with Crippen molar-refractivity contribution in [1.29, 1.82) is 0 Å². The van der Waals surface area contributed by atoms with Gasteiger partial charge < -0.3 is 0 Å². The van der Waals surface area contributed by atoms with E-state index >= 15 is 0 Å². The number of rotatable bonds is 3. The highest BCUT2D eigenvalue weighted by Crippen LogP contribution is 2.30. The van der Waals surface area contributed by atoms with Crippen molar-refractivity contribution in [3.63, 3.8) is 0 Å². The maximum Gasteiger partial charge on any atom is 0.0372 e. The summed E-state index contributed by atoms with van der Waals surface area (Å²) in [6, 6.07) is 5.00. The first-order chi connectivity index (χ1) is 7.81. The van der Waals surface area contributed by atoms with Gasteiger partial charge in [0.25, 0.3) is 0 Å². The van der Waals surface area contributed by atoms with Crippen LogP contribution < -0.4 is 0 Å². The van der Waals surface area contributed by atoms with Crippen molar-refractivity contribution in [2.24, 2.45) is 0 Å². The third-order valence-corrected chi connectivity index (χ3v) is 3.44. The van der Waals surface area contributed by atoms with E-state index in [0.29, 0.717) is 6.04 Å². The fourth-order valence-corrected chi connectivity index (χ4v) is 2.60. The number of piperidine rings is 1. The molecule has 16 heavy (non-hydrogen) atoms. The highest BCUT2D eigenvalue weighted by atomic mass is 15.2. The minimum atomic E-state index is 0.613. The Balaban J connectivity index is 2.13. The third-order valence-electron chi connectivity index (χ3n) is 3.44. The average molecular weight is 218 g/mol. The summed E-state index contributed by atoms with van der Waals surface area (Å²) in [6.45, 7) is 6.79. The fraction of sp³-hybridized carbons (Fsp3) is 0.643. The molecule has 1 fully saturated rings. The fourth-order valence-electron chi connectivity index (χ4n) is 2.60. The number of aryl methyl sites for hydroxylation is 1. The normalized spacial score (nSPS) is 22.2. The Bertz CT molecular complexity index is 316. The van der Waals surface area contributed by atoms with Gasteiger partial charge in [-0.1, -0.05) is 19.4 Å². The molecular weight excluding hydrogens is 196 g/mol. The largest absolute Gasteiger partial charge is 0.296 e. The van der Waals surface area contributed by atoms with Crippen LogP contribution in [0.1, 0.15) is 49.9 Å². The molecule has 1 aliphatic rings. The molecule has 0 aliphatic carbocycles. The van der Waals surface area contributed by atoms with Gasteiger partial charge in [0.1, 0.15) is 0 Å². The Morgan fingerprint density at radius 3 is 2.94 bits per heavy atom. The molecule has 2 nitrogen and oxygen atoms in total. The molecule has 0 bridgehead atoms. The maximum atomic E-state index is 4.42. The molecule has 0 radical (unpaired) electrons. The van der Waals surface area contributed by atoms with Gasteiger partial charge in [-0.2, -0.15) is 0 Å². The molecule has 88 valence electrons. The molecule has 0 unspecified atom stereocenters. The van der Waals surface area contributed by atoms with E-state index in [-0.39, 0.29) is 0 Å². The van der Waals surface area contributed by atoms with Crippen LogP contribution >= 0.6 is 0 Å². The highest BCUT2D eigenvalue weighted by Gasteiger charge is 2.22. The van der Waals surface area contributed by atoms with Crippen LogP contribution in [0.15, 0.2) is 18.3 Å². The number of likely N-dealkylation sites (tertiary alicyclic amines) is 1. The monoisotopic (exact) mass is 218 g/mol. The van der Waals surface area contributed by atoms with Crippen LogP contribution in [0.25, 0.3) is 0 Å². The Kier molecular flexibility index (Phi) is 3.94. The van der Waals surface area contributed by atoms with Crippen LogP contribution in [0.3, 0.4) is 0 Å². The zero-order valence-electron chi connectivity index (χ0n) is 10.4. The van der Waals surface area contributed by atoms with E-state index in [1.807, 2.05) is 0 Å². The van der Waals surface area contributed by atoms with Gasteiger partial charge in [0.05, 0.1) is 0 Å². The number of hydrogen-bond donors (Lipinski definition) is 0. The van der Waals surface area contributed by atoms with Crippen LogP contribution in [0.5, 0.6) is 0 Å². The molecule has 0 amide bonds. The summed E-state index contributed by atoms with van der Waals surface area (Å²) in [5.74, 6) is 0. The predicted octanol–water partition coefficient (Wildman–Crippen LogP) is 3.33. The topological polar surface area (TPSA) is 16.1 Å². The molecule has 2 heteroatoms. The second-order valence-electron chi connectivity index (χ2n) is 4.78. The van der Waals surface area contributed by atoms with E-state index in [2.05, 4.69) is 42.1 Å². The first-order valence-corrected chi connectivity index (χ1v) is 6.48. The summed E-state index contributed by atoms with van der Waals surface area (Å²) >= 11 is 0. The van der Waals surface area contributed by atoms with E-state index in [9.17, 15) is 0 Å². The number of nitrogens with zero attached hydrogens (tertiary/aromatic N) is 2. The molecule has 2 heterocycles. The summed E-state index contributed by atoms with van der Waals surface area (Å²) in [6.07, 6.45) is 7.32. The zero-order valence-corrected chi connectivity index (χ0v) is 10.4. The van der Waals surface area contributed by atoms with Crippen molar-refractivity contribution in [3.8, 4) is 0 Å². The summed E-state index contributed by atoms with van der Waals surface area (Å²) in [7, 11) is 0. The number of hydrogen-bond acceptors (Lipinski definition) is 2. The summed E-state index contributed by atoms with van der Waals surface area (Å²) in [5, 5.41) is 0. The van der Waals surface area contributed by atoms with Gasteiger partial charge in [-0.05, 0) is 50.9 Å². The van der Waals surface area contributed by atoms with E-state index < -0.39 is 0 Å². The number of pyridine rings is 1. The maximum absolute atomic E-state index is 4.42. The van der Waals surface area contributed by atoms with Gasteiger partial charge in [0, 0.05) is 17.9 Å². The summed E-state index contributed by atoms with van der Waals surface area (Å²) in [5.41, 5.74) is 2.51. The molecule has 0 saturated carbocycles. The lowest BCUT2D eigenvalue weighted by molar-refractivity contribution is 0.149. The van der Waals surface area contributed by atoms with Crippen LogP contribution in [0.4, 0.5) is 0 Å². The lowest BCUT2D eigenvalue weighted by Crippen LogP contribution is -2.34. The molecular formula is C14H22N2. The molecule has 1 saturated heterocycles. The minimum absolute atomic E-state index is 0.613. The SMILES string of the molecule is CCCN1CCCC[C@H]1c1ccc(C)nc1. The van der Waals surface area contributed by atoms with Gasteiger partial charge >= 0.3 is 0 Å². The zero-order chi connectivity index (χ0) is 11.4. The van der Waals surface area contributed by atoms with Crippen molar-refractivity contribution >= 4 is 0 Å². The molecule has 1 atom stereocenters. The van der Waals surface area contributed by atoms with E-state index in [0.717, 1.165) is 5.69 Å². The van der Waals surface area contributed by atoms with E-state index in [1.54, 1.807) is 0 Å². The Morgan fingerprint density at radius 2 is 2.25 bits per heavy atom. The van der Waals surface area contributed by atoms with E-state index in [4.69, 9.17) is 0 Å². The summed E-state index contributed by atoms with van der Waals surface area (Å²) in [4.78, 5) is 7.04. The van der Waals surface area contributed by atoms with Crippen molar-refractivity contribution in [2.45, 2.75) is 45.6 Å². The van der Waals surface area contributed by atoms with Crippen LogP contribution in [-0.4, -0.2) is 23.0 Å². The van der Waals surface area contributed by atoms with Crippen molar-refractivity contribution in [2.75, 3.05) is 13.1 Å². The molecule has 0 aromatic carbocycles.